The van der Waals surface area contributed by atoms with Gasteiger partial charge in [-0.05, 0) is 44.5 Å². The molecule has 10 rings (SSSR count). The standard InChI is InChI=1S/C72H76O12/c1-9-27-55(28-10-1)45-73-53-63-65(77-47-57-31-13-3-14-32-57)67(79-49-59-35-17-5-18-36-59)69(81-51-61-39-21-7-22-40-61)71(83-63)75-43-25-26-44-76-72-70(82-52-62-41-23-8-24-42-62)68(80-50-60-37-19-6-20-38-60)66(78-48-58-33-15-4-16-34-58)64(84-72)54-74-46-56-29-11-2-12-30-56/h1-42,63-72H,43-54H2/b26-25-/t63-,64-,65-,66-,67+,68+,69+,70+,71+,72+/m1/s1. The molecule has 436 valence electrons. The zero-order valence-corrected chi connectivity index (χ0v) is 47.4. The molecular weight excluding hydrogens is 1060 g/mol. The van der Waals surface area contributed by atoms with Gasteiger partial charge < -0.3 is 56.8 Å². The second kappa shape index (κ2) is 33.5. The van der Waals surface area contributed by atoms with Crippen LogP contribution in [0.15, 0.2) is 255 Å². The maximum Gasteiger partial charge on any atom is 0.187 e. The second-order valence-corrected chi connectivity index (χ2v) is 20.8. The molecule has 0 N–H and O–H groups in total. The summed E-state index contributed by atoms with van der Waals surface area (Å²) in [6, 6.07) is 80.7. The average molecular weight is 1130 g/mol. The summed E-state index contributed by atoms with van der Waals surface area (Å²) in [6.07, 6.45) is -3.16. The lowest BCUT2D eigenvalue weighted by molar-refractivity contribution is -0.327. The van der Waals surface area contributed by atoms with Gasteiger partial charge in [0.15, 0.2) is 12.6 Å². The van der Waals surface area contributed by atoms with Gasteiger partial charge in [0.05, 0.1) is 79.3 Å². The van der Waals surface area contributed by atoms with Crippen LogP contribution in [0.2, 0.25) is 0 Å². The van der Waals surface area contributed by atoms with E-state index < -0.39 is 61.4 Å². The first-order valence-corrected chi connectivity index (χ1v) is 29.0. The summed E-state index contributed by atoms with van der Waals surface area (Å²) < 4.78 is 81.7. The lowest BCUT2D eigenvalue weighted by Crippen LogP contribution is -2.61. The highest BCUT2D eigenvalue weighted by Gasteiger charge is 2.50. The summed E-state index contributed by atoms with van der Waals surface area (Å²) in [5, 5.41) is 0. The van der Waals surface area contributed by atoms with Crippen LogP contribution in [-0.4, -0.2) is 87.8 Å². The first-order valence-electron chi connectivity index (χ1n) is 29.0. The fraction of sp³-hybridized carbons (Fsp3) is 0.306. The van der Waals surface area contributed by atoms with Crippen molar-refractivity contribution in [1.82, 2.24) is 0 Å². The zero-order valence-electron chi connectivity index (χ0n) is 47.4. The third-order valence-electron chi connectivity index (χ3n) is 14.6. The Bertz CT molecular complexity index is 2830. The van der Waals surface area contributed by atoms with Crippen molar-refractivity contribution in [1.29, 1.82) is 0 Å². The van der Waals surface area contributed by atoms with Crippen molar-refractivity contribution in [3.63, 3.8) is 0 Å². The minimum atomic E-state index is -0.897. The van der Waals surface area contributed by atoms with Crippen LogP contribution in [0, 0.1) is 0 Å². The Morgan fingerprint density at radius 2 is 0.452 bits per heavy atom. The molecule has 8 aromatic carbocycles. The van der Waals surface area contributed by atoms with Crippen molar-refractivity contribution < 1.29 is 56.8 Å². The van der Waals surface area contributed by atoms with Crippen LogP contribution in [0.25, 0.3) is 0 Å². The fourth-order valence-electron chi connectivity index (χ4n) is 10.2. The summed E-state index contributed by atoms with van der Waals surface area (Å²) in [5.41, 5.74) is 8.12. The maximum atomic E-state index is 6.97. The molecule has 0 bridgehead atoms. The highest BCUT2D eigenvalue weighted by molar-refractivity contribution is 5.20. The van der Waals surface area contributed by atoms with Crippen LogP contribution in [0.5, 0.6) is 0 Å². The molecule has 2 aliphatic heterocycles. The van der Waals surface area contributed by atoms with E-state index in [1.165, 1.54) is 0 Å². The normalized spacial score (nSPS) is 22.5. The van der Waals surface area contributed by atoms with Crippen LogP contribution >= 0.6 is 0 Å². The van der Waals surface area contributed by atoms with Crippen LogP contribution in [0.1, 0.15) is 44.5 Å². The molecule has 2 fully saturated rings. The highest BCUT2D eigenvalue weighted by atomic mass is 16.7. The van der Waals surface area contributed by atoms with Crippen molar-refractivity contribution >= 4 is 0 Å². The van der Waals surface area contributed by atoms with Gasteiger partial charge in [0.1, 0.15) is 48.8 Å². The summed E-state index contributed by atoms with van der Waals surface area (Å²) in [5.74, 6) is 0. The van der Waals surface area contributed by atoms with Crippen molar-refractivity contribution in [2.45, 2.75) is 114 Å². The molecule has 0 unspecified atom stereocenters. The van der Waals surface area contributed by atoms with Gasteiger partial charge in [-0.3, -0.25) is 0 Å². The summed E-state index contributed by atoms with van der Waals surface area (Å²) in [7, 11) is 0. The lowest BCUT2D eigenvalue weighted by atomic mass is 9.97. The fourth-order valence-corrected chi connectivity index (χ4v) is 10.2. The third-order valence-corrected chi connectivity index (χ3v) is 14.6. The molecular formula is C72H76O12. The second-order valence-electron chi connectivity index (χ2n) is 20.8. The SMILES string of the molecule is C(=C/CO[C@H]1O[C@H](COCc2ccccc2)[C@@H](OCc2ccccc2)[C@H](OCc2ccccc2)[C@@H]1OCc1ccccc1)/CO[C@H]1O[C@H](COCc2ccccc2)[C@@H](OCc2ccccc2)[C@H](OCc2ccccc2)[C@@H]1OCc1ccccc1. The molecule has 2 aliphatic rings. The predicted octanol–water partition coefficient (Wildman–Crippen LogP) is 13.0. The lowest BCUT2D eigenvalue weighted by Gasteiger charge is -2.46. The Balaban J connectivity index is 0.896. The number of rotatable bonds is 32. The van der Waals surface area contributed by atoms with Gasteiger partial charge in [-0.2, -0.15) is 0 Å². The first kappa shape index (κ1) is 60.2. The Morgan fingerprint density at radius 1 is 0.238 bits per heavy atom. The molecule has 0 radical (unpaired) electrons. The average Bonchev–Trinajstić information content (AvgIpc) is 3.59. The van der Waals surface area contributed by atoms with E-state index in [0.717, 1.165) is 44.5 Å². The Kier molecular flexibility index (Phi) is 24.0. The molecule has 2 saturated heterocycles. The Morgan fingerprint density at radius 3 is 0.702 bits per heavy atom. The summed E-state index contributed by atoms with van der Waals surface area (Å²) in [4.78, 5) is 0. The van der Waals surface area contributed by atoms with Gasteiger partial charge in [0.2, 0.25) is 0 Å². The molecule has 2 heterocycles. The van der Waals surface area contributed by atoms with Gasteiger partial charge in [-0.15, -0.1) is 0 Å². The first-order chi connectivity index (χ1) is 41.7. The van der Waals surface area contributed by atoms with Crippen LogP contribution in [0.3, 0.4) is 0 Å². The molecule has 0 aliphatic carbocycles. The smallest absolute Gasteiger partial charge is 0.187 e. The van der Waals surface area contributed by atoms with Crippen LogP contribution < -0.4 is 0 Å². The molecule has 84 heavy (non-hydrogen) atoms. The molecule has 10 atom stereocenters. The van der Waals surface area contributed by atoms with Crippen molar-refractivity contribution in [3.05, 3.63) is 299 Å². The van der Waals surface area contributed by atoms with E-state index in [-0.39, 0.29) is 39.6 Å². The van der Waals surface area contributed by atoms with Gasteiger partial charge in [-0.1, -0.05) is 255 Å². The van der Waals surface area contributed by atoms with Gasteiger partial charge in [-0.25, -0.2) is 0 Å². The van der Waals surface area contributed by atoms with Crippen molar-refractivity contribution in [3.8, 4) is 0 Å². The maximum absolute atomic E-state index is 6.97. The Hall–Kier alpha value is -6.98. The third kappa shape index (κ3) is 18.8. The van der Waals surface area contributed by atoms with E-state index in [2.05, 4.69) is 0 Å². The molecule has 0 spiro atoms. The minimum Gasteiger partial charge on any atom is -0.374 e. The number of benzene rings is 8. The topological polar surface area (TPSA) is 111 Å². The predicted molar refractivity (Wildman–Crippen MR) is 321 cm³/mol. The molecule has 8 aromatic rings. The number of hydrogen-bond donors (Lipinski definition) is 0. The van der Waals surface area contributed by atoms with Crippen LogP contribution in [0.4, 0.5) is 0 Å². The molecule has 0 saturated carbocycles. The minimum absolute atomic E-state index is 0.144. The largest absolute Gasteiger partial charge is 0.374 e. The molecule has 0 aromatic heterocycles. The molecule has 12 nitrogen and oxygen atoms in total. The van der Waals surface area contributed by atoms with Crippen molar-refractivity contribution in [2.24, 2.45) is 0 Å². The Labute approximate surface area is 494 Å². The van der Waals surface area contributed by atoms with E-state index in [0.29, 0.717) is 39.6 Å². The summed E-state index contributed by atoms with van der Waals surface area (Å²) >= 11 is 0. The van der Waals surface area contributed by atoms with Gasteiger partial charge in [0, 0.05) is 0 Å². The van der Waals surface area contributed by atoms with Crippen molar-refractivity contribution in [2.75, 3.05) is 26.4 Å². The monoisotopic (exact) mass is 1130 g/mol. The zero-order chi connectivity index (χ0) is 57.1. The van der Waals surface area contributed by atoms with Gasteiger partial charge in [0.25, 0.3) is 0 Å². The summed E-state index contributed by atoms with van der Waals surface area (Å²) in [6.45, 7) is 3.28. The van der Waals surface area contributed by atoms with Gasteiger partial charge >= 0.3 is 0 Å². The van der Waals surface area contributed by atoms with Crippen LogP contribution in [-0.2, 0) is 110 Å². The van der Waals surface area contributed by atoms with E-state index >= 15 is 0 Å². The molecule has 0 amide bonds. The van der Waals surface area contributed by atoms with E-state index in [1.807, 2.05) is 255 Å². The quantitative estimate of drug-likeness (QED) is 0.0374. The van der Waals surface area contributed by atoms with E-state index in [9.17, 15) is 0 Å². The highest BCUT2D eigenvalue weighted by Crippen LogP contribution is 2.34. The van der Waals surface area contributed by atoms with E-state index in [1.54, 1.807) is 0 Å². The van der Waals surface area contributed by atoms with E-state index in [4.69, 9.17) is 56.8 Å². The molecule has 12 heteroatoms. The number of ether oxygens (including phenoxy) is 12. The number of hydrogen-bond acceptors (Lipinski definition) is 12.